The van der Waals surface area contributed by atoms with Crippen LogP contribution < -0.4 is 4.74 Å². The van der Waals surface area contributed by atoms with Crippen LogP contribution in [0.4, 0.5) is 0 Å². The fourth-order valence-electron chi connectivity index (χ4n) is 5.21. The van der Waals surface area contributed by atoms with Crippen molar-refractivity contribution in [3.05, 3.63) is 71.9 Å². The summed E-state index contributed by atoms with van der Waals surface area (Å²) in [7, 11) is 0. The first kappa shape index (κ1) is 28.5. The second-order valence-electron chi connectivity index (χ2n) is 10.8. The molecule has 0 amide bonds. The maximum atomic E-state index is 10.6. The van der Waals surface area contributed by atoms with Crippen LogP contribution in [0, 0.1) is 24.2 Å². The number of piperidine rings is 1. The van der Waals surface area contributed by atoms with E-state index in [1.807, 2.05) is 43.5 Å². The molecule has 1 unspecified atom stereocenters. The predicted molar refractivity (Wildman–Crippen MR) is 151 cm³/mol. The van der Waals surface area contributed by atoms with Gasteiger partial charge in [-0.25, -0.2) is 4.68 Å². The van der Waals surface area contributed by atoms with Crippen LogP contribution in [0.2, 0.25) is 0 Å². The first-order valence-corrected chi connectivity index (χ1v) is 13.7. The number of hydrogen-bond acceptors (Lipinski definition) is 7. The largest absolute Gasteiger partial charge is 0.486 e. The lowest BCUT2D eigenvalue weighted by molar-refractivity contribution is -0.0697. The summed E-state index contributed by atoms with van der Waals surface area (Å²) in [5.74, 6) is 0.786. The summed E-state index contributed by atoms with van der Waals surface area (Å²) >= 11 is 0. The highest BCUT2D eigenvalue weighted by atomic mass is 16.5. The van der Waals surface area contributed by atoms with Gasteiger partial charge in [0.2, 0.25) is 0 Å². The third kappa shape index (κ3) is 6.74. The van der Waals surface area contributed by atoms with E-state index in [1.165, 1.54) is 0 Å². The zero-order chi connectivity index (χ0) is 28.0. The van der Waals surface area contributed by atoms with Crippen LogP contribution in [0.1, 0.15) is 56.2 Å². The average molecular weight is 530 g/mol. The Morgan fingerprint density at radius 2 is 2.13 bits per heavy atom. The summed E-state index contributed by atoms with van der Waals surface area (Å²) in [4.78, 5) is 2.32. The van der Waals surface area contributed by atoms with Crippen molar-refractivity contribution in [3.63, 3.8) is 0 Å². The van der Waals surface area contributed by atoms with E-state index in [2.05, 4.69) is 40.9 Å². The summed E-state index contributed by atoms with van der Waals surface area (Å²) in [6, 6.07) is 13.8. The van der Waals surface area contributed by atoms with Gasteiger partial charge in [0, 0.05) is 36.2 Å². The van der Waals surface area contributed by atoms with Crippen molar-refractivity contribution in [1.82, 2.24) is 19.9 Å². The molecule has 39 heavy (non-hydrogen) atoms. The van der Waals surface area contributed by atoms with E-state index in [9.17, 15) is 15.5 Å². The van der Waals surface area contributed by atoms with Crippen molar-refractivity contribution < 1.29 is 14.9 Å². The second-order valence-corrected chi connectivity index (χ2v) is 10.8. The van der Waals surface area contributed by atoms with Crippen molar-refractivity contribution in [2.24, 2.45) is 5.92 Å². The smallest absolute Gasteiger partial charge is 0.126 e. The van der Waals surface area contributed by atoms with Crippen molar-refractivity contribution in [2.45, 2.75) is 64.7 Å². The van der Waals surface area contributed by atoms with Gasteiger partial charge in [-0.05, 0) is 63.4 Å². The third-order valence-electron chi connectivity index (χ3n) is 7.65. The fourth-order valence-corrected chi connectivity index (χ4v) is 5.21. The average Bonchev–Trinajstić information content (AvgIpc) is 3.43. The normalized spacial score (nSPS) is 18.2. The lowest BCUT2D eigenvalue weighted by Gasteiger charge is -2.39. The van der Waals surface area contributed by atoms with Gasteiger partial charge in [-0.3, -0.25) is 4.90 Å². The van der Waals surface area contributed by atoms with Crippen LogP contribution >= 0.6 is 0 Å². The Hall–Kier alpha value is -3.51. The molecule has 2 heterocycles. The van der Waals surface area contributed by atoms with Crippen molar-refractivity contribution in [2.75, 3.05) is 19.7 Å². The number of aryl methyl sites for hydroxylation is 1. The van der Waals surface area contributed by atoms with Crippen molar-refractivity contribution >= 4 is 0 Å². The first-order chi connectivity index (χ1) is 18.8. The van der Waals surface area contributed by atoms with E-state index in [1.54, 1.807) is 17.7 Å². The fraction of sp³-hybridized carbons (Fsp3) is 0.452. The number of aliphatic hydroxyl groups is 2. The molecule has 0 spiro atoms. The molecule has 1 fully saturated rings. The van der Waals surface area contributed by atoms with Gasteiger partial charge in [-0.1, -0.05) is 43.3 Å². The van der Waals surface area contributed by atoms with E-state index in [0.717, 1.165) is 66.0 Å². The van der Waals surface area contributed by atoms with Gasteiger partial charge in [0.15, 0.2) is 0 Å². The molecule has 1 aliphatic heterocycles. The molecule has 8 nitrogen and oxygen atoms in total. The highest BCUT2D eigenvalue weighted by Gasteiger charge is 2.34. The van der Waals surface area contributed by atoms with Gasteiger partial charge < -0.3 is 14.9 Å². The molecule has 206 valence electrons. The number of aromatic nitrogens is 3. The van der Waals surface area contributed by atoms with Gasteiger partial charge in [-0.15, -0.1) is 5.10 Å². The maximum Gasteiger partial charge on any atom is 0.126 e. The monoisotopic (exact) mass is 529 g/mol. The molecule has 1 aliphatic rings. The predicted octanol–water partition coefficient (Wildman–Crippen LogP) is 4.80. The molecule has 3 aromatic rings. The Labute approximate surface area is 231 Å². The molecule has 0 saturated carbocycles. The van der Waals surface area contributed by atoms with Crippen LogP contribution in [0.25, 0.3) is 16.9 Å². The highest BCUT2D eigenvalue weighted by Crippen LogP contribution is 2.31. The summed E-state index contributed by atoms with van der Waals surface area (Å²) in [5, 5.41) is 38.3. The van der Waals surface area contributed by atoms with E-state index in [0.29, 0.717) is 18.7 Å². The number of hydrogen-bond donors (Lipinski definition) is 2. The standard InChI is InChI=1S/C31H39N5O3/c1-5-8-27(6-2)39-30-16-26(36-20-29(33-34-36)28-13-10-23(17-32)15-22(28)3)12-11-24(30)18-35-14-7-9-25(19-35)31(4,38)21-37/h6,10-13,15-16,20,25,27,37-38H,2,5,7-9,14,18-19,21H2,1,3-4H3/t25-,27?,31+/m0/s1. The van der Waals surface area contributed by atoms with Gasteiger partial charge in [0.1, 0.15) is 17.5 Å². The Kier molecular flexibility index (Phi) is 9.18. The maximum absolute atomic E-state index is 10.6. The Morgan fingerprint density at radius 3 is 2.82 bits per heavy atom. The first-order valence-electron chi connectivity index (χ1n) is 13.7. The van der Waals surface area contributed by atoms with Crippen LogP contribution in [-0.4, -0.2) is 61.5 Å². The molecule has 0 radical (unpaired) electrons. The molecule has 1 saturated heterocycles. The minimum atomic E-state index is -1.09. The molecule has 8 heteroatoms. The van der Waals surface area contributed by atoms with Gasteiger partial charge >= 0.3 is 0 Å². The molecule has 4 rings (SSSR count). The van der Waals surface area contributed by atoms with Gasteiger partial charge in [0.25, 0.3) is 0 Å². The number of aliphatic hydroxyl groups excluding tert-OH is 1. The molecular formula is C31H39N5O3. The van der Waals surface area contributed by atoms with E-state index < -0.39 is 5.60 Å². The molecular weight excluding hydrogens is 490 g/mol. The Bertz CT molecular complexity index is 1330. The lowest BCUT2D eigenvalue weighted by atomic mass is 9.83. The summed E-state index contributed by atoms with van der Waals surface area (Å²) in [5.41, 5.74) is 4.04. The van der Waals surface area contributed by atoms with E-state index >= 15 is 0 Å². The Balaban J connectivity index is 1.62. The minimum absolute atomic E-state index is 0.0140. The number of nitrogens with zero attached hydrogens (tertiary/aromatic N) is 5. The van der Waals surface area contributed by atoms with Gasteiger partial charge in [0.05, 0.1) is 35.7 Å². The molecule has 0 aliphatic carbocycles. The summed E-state index contributed by atoms with van der Waals surface area (Å²) < 4.78 is 8.20. The number of ether oxygens (including phenoxy) is 1. The SMILES string of the molecule is C=CC(CCC)Oc1cc(-n2cc(-c3ccc(C#N)cc3C)nn2)ccc1CN1CCC[C@H]([C@](C)(O)CO)C1. The third-order valence-corrected chi connectivity index (χ3v) is 7.65. The second kappa shape index (κ2) is 12.6. The lowest BCUT2D eigenvalue weighted by Crippen LogP contribution is -2.47. The van der Waals surface area contributed by atoms with Gasteiger partial charge in [-0.2, -0.15) is 5.26 Å². The molecule has 2 aromatic carbocycles. The number of rotatable bonds is 11. The number of benzene rings is 2. The Morgan fingerprint density at radius 1 is 1.31 bits per heavy atom. The minimum Gasteiger partial charge on any atom is -0.486 e. The van der Waals surface area contributed by atoms with E-state index in [4.69, 9.17) is 4.74 Å². The van der Waals surface area contributed by atoms with Crippen LogP contribution in [-0.2, 0) is 6.54 Å². The van der Waals surface area contributed by atoms with Crippen LogP contribution in [0.3, 0.4) is 0 Å². The number of likely N-dealkylation sites (tertiary alicyclic amines) is 1. The number of nitriles is 1. The molecule has 0 bridgehead atoms. The topological polar surface area (TPSA) is 107 Å². The summed E-state index contributed by atoms with van der Waals surface area (Å²) in [6.45, 7) is 11.9. The molecule has 3 atom stereocenters. The van der Waals surface area contributed by atoms with Crippen LogP contribution in [0.15, 0.2) is 55.3 Å². The van der Waals surface area contributed by atoms with Crippen LogP contribution in [0.5, 0.6) is 5.75 Å². The summed E-state index contributed by atoms with van der Waals surface area (Å²) in [6.07, 6.45) is 7.33. The molecule has 1 aromatic heterocycles. The molecule has 2 N–H and O–H groups in total. The zero-order valence-electron chi connectivity index (χ0n) is 23.2. The van der Waals surface area contributed by atoms with Crippen molar-refractivity contribution in [1.29, 1.82) is 5.26 Å². The van der Waals surface area contributed by atoms with Crippen molar-refractivity contribution in [3.8, 4) is 28.8 Å². The quantitative estimate of drug-likeness (QED) is 0.344. The zero-order valence-corrected chi connectivity index (χ0v) is 23.2. The van der Waals surface area contributed by atoms with E-state index in [-0.39, 0.29) is 18.6 Å². The highest BCUT2D eigenvalue weighted by molar-refractivity contribution is 5.64.